The van der Waals surface area contributed by atoms with Crippen LogP contribution in [0.15, 0.2) is 47.4 Å². The summed E-state index contributed by atoms with van der Waals surface area (Å²) in [7, 11) is -2.49. The van der Waals surface area contributed by atoms with Gasteiger partial charge in [0.1, 0.15) is 12.7 Å². The van der Waals surface area contributed by atoms with Gasteiger partial charge >= 0.3 is 0 Å². The second kappa shape index (κ2) is 6.93. The number of aryl methyl sites for hydroxylation is 1. The van der Waals surface area contributed by atoms with Crippen molar-refractivity contribution in [3.8, 4) is 11.5 Å². The van der Waals surface area contributed by atoms with Gasteiger partial charge in [0.25, 0.3) is 5.69 Å². The molecule has 8 nitrogen and oxygen atoms in total. The van der Waals surface area contributed by atoms with E-state index in [4.69, 9.17) is 9.47 Å². The van der Waals surface area contributed by atoms with Gasteiger partial charge in [0.05, 0.1) is 16.4 Å². The number of para-hydroxylation sites is 2. The second-order valence-corrected chi connectivity index (χ2v) is 8.00. The maximum absolute atomic E-state index is 12.9. The number of hydrogen-bond acceptors (Lipinski definition) is 6. The number of sulfonamides is 1. The maximum atomic E-state index is 12.9. The number of nitro groups is 1. The van der Waals surface area contributed by atoms with Gasteiger partial charge in [-0.25, -0.2) is 8.42 Å². The Morgan fingerprint density at radius 1 is 1.23 bits per heavy atom. The van der Waals surface area contributed by atoms with Crippen LogP contribution in [0.25, 0.3) is 0 Å². The number of non-ortho nitro benzene ring substituents is 1. The zero-order valence-corrected chi connectivity index (χ0v) is 15.1. The van der Waals surface area contributed by atoms with E-state index >= 15 is 0 Å². The minimum atomic E-state index is -3.91. The van der Waals surface area contributed by atoms with E-state index in [-0.39, 0.29) is 23.7 Å². The molecule has 0 N–H and O–H groups in total. The number of nitro benzene ring substituents is 1. The van der Waals surface area contributed by atoms with E-state index in [0.29, 0.717) is 17.1 Å². The number of nitrogens with zero attached hydrogens (tertiary/aromatic N) is 2. The first kappa shape index (κ1) is 18.2. The highest BCUT2D eigenvalue weighted by atomic mass is 32.2. The van der Waals surface area contributed by atoms with E-state index in [1.54, 1.807) is 25.1 Å². The lowest BCUT2D eigenvalue weighted by molar-refractivity contribution is -0.385. The molecule has 0 saturated heterocycles. The van der Waals surface area contributed by atoms with Gasteiger partial charge in [-0.3, -0.25) is 10.1 Å². The lowest BCUT2D eigenvalue weighted by Gasteiger charge is -2.29. The third kappa shape index (κ3) is 3.49. The Hall–Kier alpha value is -2.65. The zero-order chi connectivity index (χ0) is 18.9. The molecule has 0 bridgehead atoms. The fraction of sp³-hybridized carbons (Fsp3) is 0.294. The summed E-state index contributed by atoms with van der Waals surface area (Å²) in [5, 5.41) is 11.0. The number of benzene rings is 2. The Bertz CT molecular complexity index is 944. The predicted molar refractivity (Wildman–Crippen MR) is 94.0 cm³/mol. The minimum absolute atomic E-state index is 0.0544. The van der Waals surface area contributed by atoms with E-state index in [1.165, 1.54) is 19.2 Å². The monoisotopic (exact) mass is 378 g/mol. The van der Waals surface area contributed by atoms with Crippen LogP contribution < -0.4 is 9.47 Å². The zero-order valence-electron chi connectivity index (χ0n) is 14.3. The number of rotatable bonds is 5. The molecule has 26 heavy (non-hydrogen) atoms. The molecule has 0 unspecified atom stereocenters. The quantitative estimate of drug-likeness (QED) is 0.585. The smallest absolute Gasteiger partial charge is 0.270 e. The molecule has 0 aromatic heterocycles. The fourth-order valence-corrected chi connectivity index (χ4v) is 4.13. The van der Waals surface area contributed by atoms with E-state index in [2.05, 4.69) is 0 Å². The summed E-state index contributed by atoms with van der Waals surface area (Å²) in [5.41, 5.74) is 0.169. The molecule has 1 atom stereocenters. The molecular weight excluding hydrogens is 360 g/mol. The molecule has 1 aliphatic heterocycles. The molecule has 0 fully saturated rings. The summed E-state index contributed by atoms with van der Waals surface area (Å²) >= 11 is 0. The minimum Gasteiger partial charge on any atom is -0.486 e. The molecule has 3 rings (SSSR count). The molecule has 138 valence electrons. The fourth-order valence-electron chi connectivity index (χ4n) is 2.69. The third-order valence-electron chi connectivity index (χ3n) is 4.10. The molecule has 1 heterocycles. The van der Waals surface area contributed by atoms with Crippen molar-refractivity contribution in [1.82, 2.24) is 4.31 Å². The number of likely N-dealkylation sites (N-methyl/N-ethyl adjacent to an activating group) is 1. The van der Waals surface area contributed by atoms with Crippen LogP contribution >= 0.6 is 0 Å². The third-order valence-corrected chi connectivity index (χ3v) is 6.06. The van der Waals surface area contributed by atoms with Crippen LogP contribution in [0.3, 0.4) is 0 Å². The molecule has 0 saturated carbocycles. The van der Waals surface area contributed by atoms with Gasteiger partial charge < -0.3 is 9.47 Å². The lowest BCUT2D eigenvalue weighted by Crippen LogP contribution is -2.41. The Morgan fingerprint density at radius 2 is 1.92 bits per heavy atom. The summed E-state index contributed by atoms with van der Waals surface area (Å²) in [4.78, 5) is 10.2. The van der Waals surface area contributed by atoms with E-state index in [1.807, 2.05) is 6.07 Å². The molecule has 9 heteroatoms. The summed E-state index contributed by atoms with van der Waals surface area (Å²) in [6, 6.07) is 10.9. The average molecular weight is 378 g/mol. The second-order valence-electron chi connectivity index (χ2n) is 5.99. The molecule has 0 radical (unpaired) electrons. The van der Waals surface area contributed by atoms with Gasteiger partial charge in [-0.2, -0.15) is 4.31 Å². The van der Waals surface area contributed by atoms with Crippen LogP contribution in [0.5, 0.6) is 11.5 Å². The van der Waals surface area contributed by atoms with Crippen LogP contribution in [-0.4, -0.2) is 43.9 Å². The largest absolute Gasteiger partial charge is 0.486 e. The van der Waals surface area contributed by atoms with Crippen LogP contribution in [0.4, 0.5) is 5.69 Å². The maximum Gasteiger partial charge on any atom is 0.270 e. The highest BCUT2D eigenvalue weighted by molar-refractivity contribution is 7.89. The Labute approximate surface area is 151 Å². The van der Waals surface area contributed by atoms with Gasteiger partial charge in [0, 0.05) is 19.2 Å². The van der Waals surface area contributed by atoms with Crippen molar-refractivity contribution in [2.45, 2.75) is 17.9 Å². The van der Waals surface area contributed by atoms with Gasteiger partial charge in [-0.05, 0) is 24.6 Å². The van der Waals surface area contributed by atoms with Crippen LogP contribution in [0.1, 0.15) is 5.56 Å². The van der Waals surface area contributed by atoms with Crippen molar-refractivity contribution in [3.05, 3.63) is 58.1 Å². The van der Waals surface area contributed by atoms with E-state index < -0.39 is 21.1 Å². The van der Waals surface area contributed by atoms with Crippen LogP contribution in [-0.2, 0) is 10.0 Å². The highest BCUT2D eigenvalue weighted by Crippen LogP contribution is 2.31. The summed E-state index contributed by atoms with van der Waals surface area (Å²) in [6.07, 6.45) is -0.483. The Morgan fingerprint density at radius 3 is 2.62 bits per heavy atom. The van der Waals surface area contributed by atoms with Gasteiger partial charge in [-0.1, -0.05) is 18.2 Å². The van der Waals surface area contributed by atoms with Crippen molar-refractivity contribution in [1.29, 1.82) is 0 Å². The number of fused-ring (bicyclic) bond motifs is 1. The molecule has 0 aliphatic carbocycles. The average Bonchev–Trinajstić information content (AvgIpc) is 2.61. The van der Waals surface area contributed by atoms with E-state index in [0.717, 1.165) is 10.4 Å². The first-order valence-electron chi connectivity index (χ1n) is 7.89. The highest BCUT2D eigenvalue weighted by Gasteiger charge is 2.30. The molecule has 2 aromatic carbocycles. The van der Waals surface area contributed by atoms with Gasteiger partial charge in [0.2, 0.25) is 10.0 Å². The van der Waals surface area contributed by atoms with Gasteiger partial charge in [0.15, 0.2) is 11.5 Å². The first-order chi connectivity index (χ1) is 12.3. The number of ether oxygens (including phenoxy) is 2. The van der Waals surface area contributed by atoms with Crippen LogP contribution in [0, 0.1) is 17.0 Å². The predicted octanol–water partition coefficient (Wildman–Crippen LogP) is 2.36. The Kier molecular flexibility index (Phi) is 4.84. The molecule has 0 amide bonds. The first-order valence-corrected chi connectivity index (χ1v) is 9.33. The lowest BCUT2D eigenvalue weighted by atomic mass is 10.2. The van der Waals surface area contributed by atoms with Crippen LogP contribution in [0.2, 0.25) is 0 Å². The Balaban J connectivity index is 1.80. The summed E-state index contributed by atoms with van der Waals surface area (Å²) in [5.74, 6) is 1.17. The molecule has 0 spiro atoms. The summed E-state index contributed by atoms with van der Waals surface area (Å²) < 4.78 is 38.2. The van der Waals surface area contributed by atoms with Gasteiger partial charge in [-0.15, -0.1) is 0 Å². The summed E-state index contributed by atoms with van der Waals surface area (Å²) in [6.45, 7) is 1.87. The van der Waals surface area contributed by atoms with Crippen molar-refractivity contribution in [3.63, 3.8) is 0 Å². The molecule has 2 aromatic rings. The SMILES string of the molecule is Cc1ccc([N+](=O)[O-])cc1S(=O)(=O)N(C)C[C@@H]1COc2ccccc2O1. The molecular formula is C17H18N2O6S. The van der Waals surface area contributed by atoms with Crippen molar-refractivity contribution in [2.75, 3.05) is 20.2 Å². The van der Waals surface area contributed by atoms with Crippen molar-refractivity contribution < 1.29 is 22.8 Å². The van der Waals surface area contributed by atoms with Crippen molar-refractivity contribution in [2.24, 2.45) is 0 Å². The normalized spacial score (nSPS) is 16.5. The van der Waals surface area contributed by atoms with Crippen molar-refractivity contribution >= 4 is 15.7 Å². The molecule has 1 aliphatic rings. The number of hydrogen-bond donors (Lipinski definition) is 0. The van der Waals surface area contributed by atoms with E-state index in [9.17, 15) is 18.5 Å². The standard InChI is InChI=1S/C17H18N2O6S/c1-12-7-8-13(19(20)21)9-17(12)26(22,23)18(2)10-14-11-24-15-5-3-4-6-16(15)25-14/h3-9,14H,10-11H2,1-2H3/t14-/m1/s1. The topological polar surface area (TPSA) is 99.0 Å².